The number of rotatable bonds is 6. The van der Waals surface area contributed by atoms with Crippen LogP contribution in [0.15, 0.2) is 18.2 Å². The van der Waals surface area contributed by atoms with Crippen LogP contribution in [-0.4, -0.2) is 30.6 Å². The van der Waals surface area contributed by atoms with Crippen molar-refractivity contribution in [2.24, 2.45) is 0 Å². The molecule has 19 heavy (non-hydrogen) atoms. The molecule has 1 fully saturated rings. The van der Waals surface area contributed by atoms with E-state index in [1.54, 1.807) is 13.0 Å². The van der Waals surface area contributed by atoms with E-state index in [2.05, 4.69) is 31.1 Å². The van der Waals surface area contributed by atoms with Gasteiger partial charge in [-0.3, -0.25) is 4.90 Å². The number of likely N-dealkylation sites (N-methyl/N-ethyl adjacent to an activating group) is 1. The van der Waals surface area contributed by atoms with Crippen molar-refractivity contribution in [2.75, 3.05) is 13.6 Å². The van der Waals surface area contributed by atoms with Gasteiger partial charge in [0.2, 0.25) is 0 Å². The maximum atomic E-state index is 13.5. The van der Waals surface area contributed by atoms with Gasteiger partial charge >= 0.3 is 0 Å². The summed E-state index contributed by atoms with van der Waals surface area (Å²) in [6.45, 7) is 7.06. The van der Waals surface area contributed by atoms with Crippen LogP contribution in [0.4, 0.5) is 4.39 Å². The summed E-state index contributed by atoms with van der Waals surface area (Å²) < 4.78 is 13.5. The summed E-state index contributed by atoms with van der Waals surface area (Å²) in [4.78, 5) is 2.44. The number of hydrogen-bond donors (Lipinski definition) is 1. The second-order valence-electron chi connectivity index (χ2n) is 5.88. The van der Waals surface area contributed by atoms with Gasteiger partial charge in [0.15, 0.2) is 0 Å². The molecule has 2 unspecified atom stereocenters. The molecule has 2 atom stereocenters. The van der Waals surface area contributed by atoms with Crippen molar-refractivity contribution in [3.05, 3.63) is 35.1 Å². The third kappa shape index (κ3) is 3.77. The van der Waals surface area contributed by atoms with Crippen LogP contribution in [0.1, 0.15) is 43.9 Å². The molecule has 0 amide bonds. The monoisotopic (exact) mass is 264 g/mol. The number of nitrogens with zero attached hydrogens (tertiary/aromatic N) is 1. The minimum Gasteiger partial charge on any atom is -0.309 e. The van der Waals surface area contributed by atoms with Gasteiger partial charge < -0.3 is 5.32 Å². The molecule has 2 nitrogen and oxygen atoms in total. The number of aryl methyl sites for hydroxylation is 1. The second-order valence-corrected chi connectivity index (χ2v) is 5.88. The molecular weight excluding hydrogens is 239 g/mol. The maximum Gasteiger partial charge on any atom is 0.126 e. The van der Waals surface area contributed by atoms with Gasteiger partial charge in [0, 0.05) is 24.7 Å². The fraction of sp³-hybridized carbons (Fsp3) is 0.625. The molecule has 0 heterocycles. The Morgan fingerprint density at radius 2 is 2.05 bits per heavy atom. The molecule has 0 aliphatic heterocycles. The molecule has 3 heteroatoms. The van der Waals surface area contributed by atoms with E-state index in [1.807, 2.05) is 12.1 Å². The van der Waals surface area contributed by atoms with Crippen molar-refractivity contribution in [2.45, 2.75) is 51.7 Å². The van der Waals surface area contributed by atoms with E-state index in [0.717, 1.165) is 18.2 Å². The van der Waals surface area contributed by atoms with Crippen molar-refractivity contribution < 1.29 is 4.39 Å². The van der Waals surface area contributed by atoms with Crippen molar-refractivity contribution in [1.29, 1.82) is 0 Å². The number of halogens is 1. The molecule has 1 aliphatic rings. The van der Waals surface area contributed by atoms with E-state index in [-0.39, 0.29) is 11.9 Å². The predicted molar refractivity (Wildman–Crippen MR) is 77.8 cm³/mol. The first-order valence-corrected chi connectivity index (χ1v) is 7.20. The number of nitrogens with one attached hydrogen (secondary N) is 1. The molecule has 2 rings (SSSR count). The molecule has 0 aromatic heterocycles. The average molecular weight is 264 g/mol. The summed E-state index contributed by atoms with van der Waals surface area (Å²) in [5.74, 6) is -0.116. The van der Waals surface area contributed by atoms with Gasteiger partial charge in [-0.25, -0.2) is 4.39 Å². The Kier molecular flexibility index (Phi) is 4.58. The third-order valence-corrected chi connectivity index (χ3v) is 4.23. The summed E-state index contributed by atoms with van der Waals surface area (Å²) in [5, 5.41) is 3.50. The number of benzene rings is 1. The van der Waals surface area contributed by atoms with Crippen LogP contribution in [0.3, 0.4) is 0 Å². The Balaban J connectivity index is 1.86. The van der Waals surface area contributed by atoms with E-state index < -0.39 is 0 Å². The highest BCUT2D eigenvalue weighted by atomic mass is 19.1. The second kappa shape index (κ2) is 6.02. The first-order chi connectivity index (χ1) is 8.99. The first kappa shape index (κ1) is 14.5. The SMILES string of the molecule is Cc1ccc(C(C)NCC(C)N(C)C2CC2)cc1F. The van der Waals surface area contributed by atoms with Crippen molar-refractivity contribution in [3.8, 4) is 0 Å². The molecule has 1 saturated carbocycles. The lowest BCUT2D eigenvalue weighted by Gasteiger charge is -2.26. The predicted octanol–water partition coefficient (Wildman–Crippen LogP) is 3.27. The van der Waals surface area contributed by atoms with Crippen LogP contribution in [0.5, 0.6) is 0 Å². The zero-order valence-corrected chi connectivity index (χ0v) is 12.4. The molecule has 0 radical (unpaired) electrons. The van der Waals surface area contributed by atoms with E-state index in [1.165, 1.54) is 12.8 Å². The van der Waals surface area contributed by atoms with Gasteiger partial charge in [0.25, 0.3) is 0 Å². The van der Waals surface area contributed by atoms with Crippen LogP contribution in [-0.2, 0) is 0 Å². The van der Waals surface area contributed by atoms with Gasteiger partial charge in [-0.1, -0.05) is 12.1 Å². The lowest BCUT2D eigenvalue weighted by atomic mass is 10.1. The lowest BCUT2D eigenvalue weighted by Crippen LogP contribution is -2.39. The van der Waals surface area contributed by atoms with Crippen molar-refractivity contribution >= 4 is 0 Å². The summed E-state index contributed by atoms with van der Waals surface area (Å²) in [6, 6.07) is 6.98. The van der Waals surface area contributed by atoms with Gasteiger partial charge in [-0.2, -0.15) is 0 Å². The first-order valence-electron chi connectivity index (χ1n) is 7.20. The van der Waals surface area contributed by atoms with Gasteiger partial charge in [-0.15, -0.1) is 0 Å². The standard InChI is InChI=1S/C16H25FN2/c1-11-5-6-14(9-16(11)17)13(3)18-10-12(2)19(4)15-7-8-15/h5-6,9,12-13,15,18H,7-8,10H2,1-4H3. The normalized spacial score (nSPS) is 18.6. The minimum absolute atomic E-state index is 0.116. The fourth-order valence-electron chi connectivity index (χ4n) is 2.33. The smallest absolute Gasteiger partial charge is 0.126 e. The molecule has 0 bridgehead atoms. The molecule has 0 spiro atoms. The summed E-state index contributed by atoms with van der Waals surface area (Å²) in [7, 11) is 2.19. The molecule has 1 aromatic carbocycles. The van der Waals surface area contributed by atoms with Gasteiger partial charge in [0.05, 0.1) is 0 Å². The van der Waals surface area contributed by atoms with Crippen LogP contribution in [0.25, 0.3) is 0 Å². The zero-order chi connectivity index (χ0) is 14.0. The zero-order valence-electron chi connectivity index (χ0n) is 12.4. The largest absolute Gasteiger partial charge is 0.309 e. The van der Waals surface area contributed by atoms with E-state index in [4.69, 9.17) is 0 Å². The Labute approximate surface area is 116 Å². The lowest BCUT2D eigenvalue weighted by molar-refractivity contribution is 0.237. The molecular formula is C16H25FN2. The van der Waals surface area contributed by atoms with Crippen LogP contribution < -0.4 is 5.32 Å². The minimum atomic E-state index is -0.116. The van der Waals surface area contributed by atoms with Crippen LogP contribution >= 0.6 is 0 Å². The van der Waals surface area contributed by atoms with E-state index in [0.29, 0.717) is 11.6 Å². The Hall–Kier alpha value is -0.930. The molecule has 1 aliphatic carbocycles. The summed E-state index contributed by atoms with van der Waals surface area (Å²) in [6.07, 6.45) is 2.67. The van der Waals surface area contributed by atoms with E-state index in [9.17, 15) is 4.39 Å². The highest BCUT2D eigenvalue weighted by molar-refractivity contribution is 5.25. The third-order valence-electron chi connectivity index (χ3n) is 4.23. The summed E-state index contributed by atoms with van der Waals surface area (Å²) in [5.41, 5.74) is 1.72. The Morgan fingerprint density at radius 3 is 2.63 bits per heavy atom. The molecule has 1 aromatic rings. The van der Waals surface area contributed by atoms with Crippen molar-refractivity contribution in [1.82, 2.24) is 10.2 Å². The Bertz CT molecular complexity index is 429. The van der Waals surface area contributed by atoms with Crippen LogP contribution in [0.2, 0.25) is 0 Å². The average Bonchev–Trinajstić information content (AvgIpc) is 3.22. The quantitative estimate of drug-likeness (QED) is 0.848. The van der Waals surface area contributed by atoms with E-state index >= 15 is 0 Å². The highest BCUT2D eigenvalue weighted by Gasteiger charge is 2.29. The van der Waals surface area contributed by atoms with Crippen molar-refractivity contribution in [3.63, 3.8) is 0 Å². The Morgan fingerprint density at radius 1 is 1.37 bits per heavy atom. The molecule has 1 N–H and O–H groups in total. The number of hydrogen-bond acceptors (Lipinski definition) is 2. The molecule has 106 valence electrons. The van der Waals surface area contributed by atoms with Crippen LogP contribution in [0, 0.1) is 12.7 Å². The topological polar surface area (TPSA) is 15.3 Å². The van der Waals surface area contributed by atoms with Gasteiger partial charge in [0.1, 0.15) is 5.82 Å². The van der Waals surface area contributed by atoms with Gasteiger partial charge in [-0.05, 0) is 57.9 Å². The summed E-state index contributed by atoms with van der Waals surface area (Å²) >= 11 is 0. The highest BCUT2D eigenvalue weighted by Crippen LogP contribution is 2.27. The fourth-order valence-corrected chi connectivity index (χ4v) is 2.33. The maximum absolute atomic E-state index is 13.5. The molecule has 0 saturated heterocycles.